The first kappa shape index (κ1) is 15.5. The van der Waals surface area contributed by atoms with Crippen LogP contribution in [0.1, 0.15) is 24.1 Å². The summed E-state index contributed by atoms with van der Waals surface area (Å²) in [4.78, 5) is 2.14. The highest BCUT2D eigenvalue weighted by atomic mass is 79.9. The van der Waals surface area contributed by atoms with Crippen LogP contribution in [0, 0.1) is 5.82 Å². The Bertz CT molecular complexity index is 603. The lowest BCUT2D eigenvalue weighted by Crippen LogP contribution is -2.22. The fraction of sp³-hybridized carbons (Fsp3) is 0.250. The maximum absolute atomic E-state index is 13.5. The van der Waals surface area contributed by atoms with Crippen LogP contribution >= 0.6 is 27.5 Å². The average molecular weight is 357 g/mol. The van der Waals surface area contributed by atoms with Gasteiger partial charge in [0, 0.05) is 17.6 Å². The van der Waals surface area contributed by atoms with Crippen LogP contribution < -0.4 is 0 Å². The Morgan fingerprint density at radius 2 is 1.90 bits per heavy atom. The molecular formula is C16H16BrClFN. The predicted molar refractivity (Wildman–Crippen MR) is 85.4 cm³/mol. The fourth-order valence-electron chi connectivity index (χ4n) is 2.13. The zero-order chi connectivity index (χ0) is 14.7. The molecule has 0 aromatic heterocycles. The quantitative estimate of drug-likeness (QED) is 0.705. The number of halogens is 3. The third kappa shape index (κ3) is 3.40. The van der Waals surface area contributed by atoms with Gasteiger partial charge in [0.15, 0.2) is 0 Å². The van der Waals surface area contributed by atoms with Gasteiger partial charge in [-0.15, -0.1) is 0 Å². The van der Waals surface area contributed by atoms with E-state index in [2.05, 4.69) is 27.8 Å². The van der Waals surface area contributed by atoms with Crippen molar-refractivity contribution in [2.24, 2.45) is 0 Å². The summed E-state index contributed by atoms with van der Waals surface area (Å²) in [5.41, 5.74) is 2.00. The van der Waals surface area contributed by atoms with E-state index < -0.39 is 0 Å². The summed E-state index contributed by atoms with van der Waals surface area (Å²) < 4.78 is 14.1. The molecule has 1 atom stereocenters. The van der Waals surface area contributed by atoms with Crippen LogP contribution in [0.2, 0.25) is 5.02 Å². The number of hydrogen-bond acceptors (Lipinski definition) is 1. The molecule has 2 aromatic carbocycles. The van der Waals surface area contributed by atoms with Crippen molar-refractivity contribution in [1.29, 1.82) is 0 Å². The molecule has 0 aliphatic carbocycles. The van der Waals surface area contributed by atoms with E-state index in [-0.39, 0.29) is 11.9 Å². The van der Waals surface area contributed by atoms with Gasteiger partial charge in [-0.05, 0) is 53.2 Å². The Kier molecular flexibility index (Phi) is 5.19. The zero-order valence-corrected chi connectivity index (χ0v) is 13.7. The van der Waals surface area contributed by atoms with Crippen LogP contribution in [0.3, 0.4) is 0 Å². The lowest BCUT2D eigenvalue weighted by Gasteiger charge is -2.26. The molecular weight excluding hydrogens is 341 g/mol. The van der Waals surface area contributed by atoms with E-state index in [4.69, 9.17) is 11.6 Å². The van der Waals surface area contributed by atoms with Gasteiger partial charge in [-0.1, -0.05) is 41.9 Å². The van der Waals surface area contributed by atoms with E-state index >= 15 is 0 Å². The topological polar surface area (TPSA) is 3.24 Å². The van der Waals surface area contributed by atoms with Crippen molar-refractivity contribution in [2.75, 3.05) is 7.05 Å². The van der Waals surface area contributed by atoms with E-state index in [1.165, 1.54) is 6.07 Å². The van der Waals surface area contributed by atoms with Gasteiger partial charge in [0.25, 0.3) is 0 Å². The van der Waals surface area contributed by atoms with E-state index in [1.807, 2.05) is 37.4 Å². The Balaban J connectivity index is 2.18. The minimum atomic E-state index is -0.235. The Morgan fingerprint density at radius 1 is 1.20 bits per heavy atom. The van der Waals surface area contributed by atoms with Gasteiger partial charge in [-0.2, -0.15) is 0 Å². The molecule has 0 N–H and O–H groups in total. The minimum absolute atomic E-state index is 0.152. The van der Waals surface area contributed by atoms with Gasteiger partial charge < -0.3 is 0 Å². The second-order valence-electron chi connectivity index (χ2n) is 4.83. The normalized spacial score (nSPS) is 12.7. The highest BCUT2D eigenvalue weighted by molar-refractivity contribution is 9.10. The first-order valence-electron chi connectivity index (χ1n) is 6.38. The van der Waals surface area contributed by atoms with Crippen LogP contribution in [0.5, 0.6) is 0 Å². The summed E-state index contributed by atoms with van der Waals surface area (Å²) in [6.07, 6.45) is 0. The molecule has 4 heteroatoms. The number of nitrogens with zero attached hydrogens (tertiary/aromatic N) is 1. The first-order valence-corrected chi connectivity index (χ1v) is 7.55. The van der Waals surface area contributed by atoms with Crippen molar-refractivity contribution in [3.63, 3.8) is 0 Å². The summed E-state index contributed by atoms with van der Waals surface area (Å²) in [7, 11) is 2.01. The molecule has 0 aliphatic rings. The van der Waals surface area contributed by atoms with E-state index in [0.717, 1.165) is 16.1 Å². The molecule has 0 heterocycles. The molecule has 0 spiro atoms. The summed E-state index contributed by atoms with van der Waals surface area (Å²) in [6.45, 7) is 2.74. The summed E-state index contributed by atoms with van der Waals surface area (Å²) >= 11 is 9.53. The number of hydrogen-bond donors (Lipinski definition) is 0. The third-order valence-corrected chi connectivity index (χ3v) is 4.70. The fourth-order valence-corrected chi connectivity index (χ4v) is 2.81. The van der Waals surface area contributed by atoms with Gasteiger partial charge in [0.1, 0.15) is 5.82 Å². The van der Waals surface area contributed by atoms with Gasteiger partial charge in [0.2, 0.25) is 0 Å². The van der Waals surface area contributed by atoms with Crippen LogP contribution in [0.15, 0.2) is 46.9 Å². The van der Waals surface area contributed by atoms with Gasteiger partial charge >= 0.3 is 0 Å². The largest absolute Gasteiger partial charge is 0.295 e. The molecule has 1 nitrogen and oxygen atoms in total. The van der Waals surface area contributed by atoms with Crippen LogP contribution in [-0.4, -0.2) is 11.9 Å². The molecule has 0 aliphatic heterocycles. The standard InChI is InChI=1S/C16H16BrClFN/c1-11(13-7-3-4-8-14(13)18)20(2)10-12-6-5-9-15(19)16(12)17/h3-9,11H,10H2,1-2H3. The Morgan fingerprint density at radius 3 is 2.60 bits per heavy atom. The number of rotatable bonds is 4. The van der Waals surface area contributed by atoms with Crippen molar-refractivity contribution in [1.82, 2.24) is 4.90 Å². The Labute approximate surface area is 132 Å². The maximum Gasteiger partial charge on any atom is 0.137 e. The molecule has 1 unspecified atom stereocenters. The second kappa shape index (κ2) is 6.70. The summed E-state index contributed by atoms with van der Waals surface area (Å²) in [5.74, 6) is -0.235. The highest BCUT2D eigenvalue weighted by Gasteiger charge is 2.16. The monoisotopic (exact) mass is 355 g/mol. The van der Waals surface area contributed by atoms with E-state index in [9.17, 15) is 4.39 Å². The maximum atomic E-state index is 13.5. The second-order valence-corrected chi connectivity index (χ2v) is 6.03. The minimum Gasteiger partial charge on any atom is -0.295 e. The van der Waals surface area contributed by atoms with Gasteiger partial charge in [0.05, 0.1) is 4.47 Å². The van der Waals surface area contributed by atoms with Crippen molar-refractivity contribution >= 4 is 27.5 Å². The van der Waals surface area contributed by atoms with Gasteiger partial charge in [-0.3, -0.25) is 4.90 Å². The lowest BCUT2D eigenvalue weighted by molar-refractivity contribution is 0.252. The van der Waals surface area contributed by atoms with Crippen LogP contribution in [-0.2, 0) is 6.54 Å². The smallest absolute Gasteiger partial charge is 0.137 e. The summed E-state index contributed by atoms with van der Waals surface area (Å²) in [5, 5.41) is 0.755. The van der Waals surface area contributed by atoms with Crippen molar-refractivity contribution in [2.45, 2.75) is 19.5 Å². The molecule has 0 saturated heterocycles. The van der Waals surface area contributed by atoms with Crippen molar-refractivity contribution in [3.05, 3.63) is 68.9 Å². The highest BCUT2D eigenvalue weighted by Crippen LogP contribution is 2.29. The Hall–Kier alpha value is -0.900. The third-order valence-electron chi connectivity index (χ3n) is 3.47. The van der Waals surface area contributed by atoms with Crippen LogP contribution in [0.4, 0.5) is 4.39 Å². The molecule has 20 heavy (non-hydrogen) atoms. The first-order chi connectivity index (χ1) is 9.50. The predicted octanol–water partition coefficient (Wildman–Crippen LogP) is 5.43. The molecule has 0 amide bonds. The molecule has 0 bridgehead atoms. The van der Waals surface area contributed by atoms with E-state index in [0.29, 0.717) is 11.0 Å². The van der Waals surface area contributed by atoms with Crippen LogP contribution in [0.25, 0.3) is 0 Å². The molecule has 0 fully saturated rings. The van der Waals surface area contributed by atoms with Gasteiger partial charge in [-0.25, -0.2) is 4.39 Å². The van der Waals surface area contributed by atoms with Crippen molar-refractivity contribution in [3.8, 4) is 0 Å². The van der Waals surface area contributed by atoms with E-state index in [1.54, 1.807) is 6.07 Å². The number of benzene rings is 2. The summed E-state index contributed by atoms with van der Waals surface area (Å²) in [6, 6.07) is 13.0. The van der Waals surface area contributed by atoms with Crippen molar-refractivity contribution < 1.29 is 4.39 Å². The lowest BCUT2D eigenvalue weighted by atomic mass is 10.1. The average Bonchev–Trinajstić information content (AvgIpc) is 2.43. The zero-order valence-electron chi connectivity index (χ0n) is 11.4. The molecule has 2 aromatic rings. The molecule has 2 rings (SSSR count). The molecule has 106 valence electrons. The molecule has 0 saturated carbocycles. The molecule has 0 radical (unpaired) electrons. The SMILES string of the molecule is CC(c1ccccc1Cl)N(C)Cc1cccc(F)c1Br.